The van der Waals surface area contributed by atoms with Crippen LogP contribution in [0.15, 0.2) is 12.2 Å². The van der Waals surface area contributed by atoms with Crippen molar-refractivity contribution in [2.24, 2.45) is 5.41 Å². The van der Waals surface area contributed by atoms with Crippen molar-refractivity contribution < 1.29 is 4.79 Å². The second kappa shape index (κ2) is 5.79. The summed E-state index contributed by atoms with van der Waals surface area (Å²) in [6, 6.07) is 0. The lowest BCUT2D eigenvalue weighted by Gasteiger charge is -2.21. The minimum atomic E-state index is -0.226. The normalized spacial score (nSPS) is 12.0. The van der Waals surface area contributed by atoms with Crippen LogP contribution in [0.2, 0.25) is 0 Å². The average Bonchev–Trinajstić information content (AvgIpc) is 2.12. The second-order valence-corrected chi connectivity index (χ2v) is 3.85. The van der Waals surface area contributed by atoms with Crippen LogP contribution < -0.4 is 5.32 Å². The highest BCUT2D eigenvalue weighted by atomic mass is 16.2. The highest BCUT2D eigenvalue weighted by Crippen LogP contribution is 2.19. The third-order valence-corrected chi connectivity index (χ3v) is 2.33. The Bertz CT molecular complexity index is 183. The van der Waals surface area contributed by atoms with Gasteiger partial charge in [-0.05, 0) is 19.8 Å². The Labute approximate surface area is 81.4 Å². The Morgan fingerprint density at radius 3 is 2.54 bits per heavy atom. The van der Waals surface area contributed by atoms with E-state index in [9.17, 15) is 4.79 Å². The molecule has 0 aliphatic rings. The van der Waals surface area contributed by atoms with Gasteiger partial charge in [0.1, 0.15) is 0 Å². The number of amides is 1. The van der Waals surface area contributed by atoms with Crippen molar-refractivity contribution in [3.05, 3.63) is 12.2 Å². The van der Waals surface area contributed by atoms with Crippen molar-refractivity contribution in [3.63, 3.8) is 0 Å². The molecule has 0 aliphatic carbocycles. The summed E-state index contributed by atoms with van der Waals surface area (Å²) in [7, 11) is 0. The first kappa shape index (κ1) is 12.2. The average molecular weight is 183 g/mol. The zero-order valence-electron chi connectivity index (χ0n) is 9.18. The summed E-state index contributed by atoms with van der Waals surface area (Å²) < 4.78 is 0. The van der Waals surface area contributed by atoms with E-state index in [1.807, 2.05) is 33.8 Å². The number of nitrogens with one attached hydrogen (secondary N) is 1. The van der Waals surface area contributed by atoms with Gasteiger partial charge < -0.3 is 5.32 Å². The van der Waals surface area contributed by atoms with Gasteiger partial charge in [0.25, 0.3) is 0 Å². The molecule has 1 amide bonds. The topological polar surface area (TPSA) is 29.1 Å². The fourth-order valence-corrected chi connectivity index (χ4v) is 0.836. The number of rotatable bonds is 5. The minimum absolute atomic E-state index is 0.152. The number of carbonyl (C=O) groups is 1. The molecular formula is C11H21NO. The Morgan fingerprint density at radius 1 is 1.46 bits per heavy atom. The molecule has 0 bridgehead atoms. The molecule has 0 aliphatic heterocycles. The Hall–Kier alpha value is -0.790. The second-order valence-electron chi connectivity index (χ2n) is 3.85. The number of hydrogen-bond donors (Lipinski definition) is 1. The van der Waals surface area contributed by atoms with E-state index in [0.29, 0.717) is 0 Å². The van der Waals surface area contributed by atoms with Gasteiger partial charge in [0, 0.05) is 12.0 Å². The first-order valence-electron chi connectivity index (χ1n) is 4.94. The lowest BCUT2D eigenvalue weighted by molar-refractivity contribution is -0.129. The van der Waals surface area contributed by atoms with Crippen LogP contribution in [0, 0.1) is 5.41 Å². The Balaban J connectivity index is 3.74. The fourth-order valence-electron chi connectivity index (χ4n) is 0.836. The molecule has 2 nitrogen and oxygen atoms in total. The van der Waals surface area contributed by atoms with Crippen LogP contribution >= 0.6 is 0 Å². The van der Waals surface area contributed by atoms with Crippen molar-refractivity contribution in [2.45, 2.75) is 40.5 Å². The van der Waals surface area contributed by atoms with Crippen molar-refractivity contribution in [3.8, 4) is 0 Å². The van der Waals surface area contributed by atoms with E-state index in [2.05, 4.69) is 11.4 Å². The fraction of sp³-hybridized carbons (Fsp3) is 0.727. The largest absolute Gasteiger partial charge is 0.355 e. The van der Waals surface area contributed by atoms with E-state index in [1.165, 1.54) is 0 Å². The first-order valence-corrected chi connectivity index (χ1v) is 4.94. The molecule has 0 unspecified atom stereocenters. The first-order chi connectivity index (χ1) is 6.04. The molecule has 0 aromatic carbocycles. The van der Waals surface area contributed by atoms with Crippen LogP contribution in [-0.2, 0) is 4.79 Å². The summed E-state index contributed by atoms with van der Waals surface area (Å²) in [5.74, 6) is 0.152. The molecule has 0 aromatic rings. The highest BCUT2D eigenvalue weighted by molar-refractivity contribution is 5.81. The van der Waals surface area contributed by atoms with E-state index in [4.69, 9.17) is 0 Å². The van der Waals surface area contributed by atoms with E-state index < -0.39 is 0 Å². The summed E-state index contributed by atoms with van der Waals surface area (Å²) in [5, 5.41) is 2.92. The number of allylic oxidation sites excluding steroid dienone is 1. The summed E-state index contributed by atoms with van der Waals surface area (Å²) in [5.41, 5.74) is -0.226. The maximum atomic E-state index is 11.5. The molecule has 2 heteroatoms. The van der Waals surface area contributed by atoms with Gasteiger partial charge in [-0.2, -0.15) is 0 Å². The van der Waals surface area contributed by atoms with Crippen molar-refractivity contribution in [2.75, 3.05) is 6.54 Å². The van der Waals surface area contributed by atoms with Gasteiger partial charge in [-0.1, -0.05) is 32.9 Å². The van der Waals surface area contributed by atoms with Gasteiger partial charge in [0.2, 0.25) is 5.91 Å². The lowest BCUT2D eigenvalue weighted by Crippen LogP contribution is -2.36. The van der Waals surface area contributed by atoms with E-state index in [0.717, 1.165) is 19.4 Å². The van der Waals surface area contributed by atoms with Gasteiger partial charge in [-0.15, -0.1) is 0 Å². The monoisotopic (exact) mass is 183 g/mol. The predicted octanol–water partition coefficient (Wildman–Crippen LogP) is 2.51. The minimum Gasteiger partial charge on any atom is -0.355 e. The third-order valence-electron chi connectivity index (χ3n) is 2.33. The number of hydrogen-bond acceptors (Lipinski definition) is 1. The summed E-state index contributed by atoms with van der Waals surface area (Å²) in [6.07, 6.45) is 5.85. The molecule has 0 saturated heterocycles. The smallest absolute Gasteiger partial charge is 0.225 e. The van der Waals surface area contributed by atoms with Crippen LogP contribution in [0.25, 0.3) is 0 Å². The SMILES string of the molecule is C/C=C/CCNC(=O)C(C)(C)CC. The maximum absolute atomic E-state index is 11.5. The summed E-state index contributed by atoms with van der Waals surface area (Å²) in [6.45, 7) is 8.70. The van der Waals surface area contributed by atoms with Crippen molar-refractivity contribution in [1.82, 2.24) is 5.32 Å². The molecule has 1 N–H and O–H groups in total. The molecule has 13 heavy (non-hydrogen) atoms. The maximum Gasteiger partial charge on any atom is 0.225 e. The van der Waals surface area contributed by atoms with Crippen LogP contribution in [-0.4, -0.2) is 12.5 Å². The molecule has 0 atom stereocenters. The molecule has 0 radical (unpaired) electrons. The van der Waals surface area contributed by atoms with Gasteiger partial charge >= 0.3 is 0 Å². The van der Waals surface area contributed by atoms with Crippen molar-refractivity contribution >= 4 is 5.91 Å². The molecule has 0 saturated carbocycles. The Morgan fingerprint density at radius 2 is 2.08 bits per heavy atom. The van der Waals surface area contributed by atoms with E-state index in [-0.39, 0.29) is 11.3 Å². The molecule has 0 heterocycles. The number of carbonyl (C=O) groups excluding carboxylic acids is 1. The third kappa shape index (κ3) is 4.71. The quantitative estimate of drug-likeness (QED) is 0.515. The summed E-state index contributed by atoms with van der Waals surface area (Å²) in [4.78, 5) is 11.5. The zero-order valence-corrected chi connectivity index (χ0v) is 9.18. The van der Waals surface area contributed by atoms with Crippen LogP contribution in [0.3, 0.4) is 0 Å². The van der Waals surface area contributed by atoms with E-state index in [1.54, 1.807) is 0 Å². The zero-order chi connectivity index (χ0) is 10.3. The highest BCUT2D eigenvalue weighted by Gasteiger charge is 2.24. The van der Waals surface area contributed by atoms with Gasteiger partial charge in [-0.25, -0.2) is 0 Å². The van der Waals surface area contributed by atoms with Crippen LogP contribution in [0.5, 0.6) is 0 Å². The standard InChI is InChI=1S/C11H21NO/c1-5-7-8-9-12-10(13)11(3,4)6-2/h5,7H,6,8-9H2,1-4H3,(H,12,13)/b7-5+. The summed E-state index contributed by atoms with van der Waals surface area (Å²) >= 11 is 0. The van der Waals surface area contributed by atoms with E-state index >= 15 is 0 Å². The van der Waals surface area contributed by atoms with Crippen molar-refractivity contribution in [1.29, 1.82) is 0 Å². The van der Waals surface area contributed by atoms with Gasteiger partial charge in [0.05, 0.1) is 0 Å². The molecule has 0 spiro atoms. The van der Waals surface area contributed by atoms with Gasteiger partial charge in [-0.3, -0.25) is 4.79 Å². The molecule has 0 aromatic heterocycles. The van der Waals surface area contributed by atoms with Crippen LogP contribution in [0.4, 0.5) is 0 Å². The molecule has 0 fully saturated rings. The molecule has 0 rings (SSSR count). The predicted molar refractivity (Wildman–Crippen MR) is 56.5 cm³/mol. The van der Waals surface area contributed by atoms with Crippen LogP contribution in [0.1, 0.15) is 40.5 Å². The lowest BCUT2D eigenvalue weighted by atomic mass is 9.89. The molecular weight excluding hydrogens is 162 g/mol. The molecule has 76 valence electrons. The van der Waals surface area contributed by atoms with Gasteiger partial charge in [0.15, 0.2) is 0 Å². The Kier molecular flexibility index (Phi) is 5.44.